The van der Waals surface area contributed by atoms with Crippen molar-refractivity contribution in [3.63, 3.8) is 0 Å². The van der Waals surface area contributed by atoms with Crippen molar-refractivity contribution < 1.29 is 9.18 Å². The van der Waals surface area contributed by atoms with Crippen LogP contribution in [0.5, 0.6) is 0 Å². The zero-order chi connectivity index (χ0) is 21.8. The van der Waals surface area contributed by atoms with Crippen LogP contribution < -0.4 is 16.6 Å². The maximum Gasteiger partial charge on any atom is 0.352 e. The lowest BCUT2D eigenvalue weighted by Crippen LogP contribution is -2.47. The molecule has 1 heterocycles. The van der Waals surface area contributed by atoms with E-state index in [-0.39, 0.29) is 5.69 Å². The van der Waals surface area contributed by atoms with Crippen LogP contribution in [0.1, 0.15) is 47.9 Å². The number of aryl methyl sites for hydroxylation is 1. The van der Waals surface area contributed by atoms with Crippen molar-refractivity contribution in [2.24, 2.45) is 0 Å². The van der Waals surface area contributed by atoms with E-state index < -0.39 is 34.7 Å². The van der Waals surface area contributed by atoms with Gasteiger partial charge in [-0.05, 0) is 37.5 Å². The molecule has 1 aromatic heterocycles. The van der Waals surface area contributed by atoms with Crippen molar-refractivity contribution in [2.75, 3.05) is 6.54 Å². The van der Waals surface area contributed by atoms with Gasteiger partial charge in [0.2, 0.25) is 5.69 Å². The molecule has 1 amide bonds. The number of hydrogen-bond acceptors (Lipinski definition) is 4. The van der Waals surface area contributed by atoms with Crippen molar-refractivity contribution >= 4 is 5.91 Å². The van der Waals surface area contributed by atoms with E-state index in [0.29, 0.717) is 24.1 Å². The average Bonchev–Trinajstić information content (AvgIpc) is 2.75. The van der Waals surface area contributed by atoms with E-state index in [1.165, 1.54) is 12.1 Å². The molecule has 1 N–H and O–H groups in total. The maximum atomic E-state index is 14.1. The molecular weight excluding hydrogens is 387 g/mol. The Morgan fingerprint density at radius 1 is 1.17 bits per heavy atom. The summed E-state index contributed by atoms with van der Waals surface area (Å²) in [6.07, 6.45) is 0.670. The third-order valence-corrected chi connectivity index (χ3v) is 4.83. The second kappa shape index (κ2) is 8.86. The van der Waals surface area contributed by atoms with Crippen LogP contribution in [-0.2, 0) is 0 Å². The smallest absolute Gasteiger partial charge is 0.350 e. The number of hydrogen-bond donors (Lipinski definition) is 1. The molecule has 8 heteroatoms. The molecule has 7 nitrogen and oxygen atoms in total. The minimum atomic E-state index is -0.797. The topological polar surface area (TPSA) is 86.0 Å². The molecule has 0 aliphatic heterocycles. The van der Waals surface area contributed by atoms with Crippen LogP contribution in [0.15, 0.2) is 58.1 Å². The fraction of sp³-hybridized carbons (Fsp3) is 0.273. The van der Waals surface area contributed by atoms with Gasteiger partial charge in [0, 0.05) is 12.6 Å². The molecule has 0 spiro atoms. The van der Waals surface area contributed by atoms with E-state index in [4.69, 9.17) is 0 Å². The second-order valence-corrected chi connectivity index (χ2v) is 6.99. The Morgan fingerprint density at radius 3 is 2.50 bits per heavy atom. The summed E-state index contributed by atoms with van der Waals surface area (Å²) in [5.74, 6) is -1.20. The average molecular weight is 410 g/mol. The molecule has 156 valence electrons. The van der Waals surface area contributed by atoms with Crippen LogP contribution >= 0.6 is 0 Å². The Balaban J connectivity index is 2.27. The summed E-state index contributed by atoms with van der Waals surface area (Å²) in [5.41, 5.74) is -0.739. The van der Waals surface area contributed by atoms with Crippen molar-refractivity contribution in [3.05, 3.63) is 92.0 Å². The molecule has 30 heavy (non-hydrogen) atoms. The first-order chi connectivity index (χ1) is 14.3. The minimum Gasteiger partial charge on any atom is -0.350 e. The maximum absolute atomic E-state index is 14.1. The number of nitrogens with one attached hydrogen (secondary N) is 1. The summed E-state index contributed by atoms with van der Waals surface area (Å²) in [4.78, 5) is 38.8. The molecule has 2 aromatic carbocycles. The van der Waals surface area contributed by atoms with Gasteiger partial charge in [-0.1, -0.05) is 43.3 Å². The number of aromatic nitrogens is 3. The number of carbonyl (C=O) groups is 1. The SMILES string of the molecule is CCCNC(=O)c1nn(-c2ccc(C)c(F)c2)c(=O)n([C@H](C)c2ccccc2)c1=O. The van der Waals surface area contributed by atoms with Gasteiger partial charge in [-0.3, -0.25) is 9.59 Å². The largest absolute Gasteiger partial charge is 0.352 e. The Labute approximate surface area is 172 Å². The lowest BCUT2D eigenvalue weighted by atomic mass is 10.1. The molecule has 0 unspecified atom stereocenters. The minimum absolute atomic E-state index is 0.127. The Bertz CT molecular complexity index is 1190. The summed E-state index contributed by atoms with van der Waals surface area (Å²) in [6.45, 7) is 5.51. The van der Waals surface area contributed by atoms with Crippen LogP contribution in [0.3, 0.4) is 0 Å². The van der Waals surface area contributed by atoms with Crippen molar-refractivity contribution in [3.8, 4) is 5.69 Å². The van der Waals surface area contributed by atoms with Crippen LogP contribution in [0, 0.1) is 12.7 Å². The van der Waals surface area contributed by atoms with E-state index >= 15 is 0 Å². The molecule has 0 radical (unpaired) electrons. The zero-order valence-electron chi connectivity index (χ0n) is 17.1. The van der Waals surface area contributed by atoms with Gasteiger partial charge in [0.05, 0.1) is 11.7 Å². The van der Waals surface area contributed by atoms with E-state index in [9.17, 15) is 18.8 Å². The summed E-state index contributed by atoms with van der Waals surface area (Å²) in [7, 11) is 0. The van der Waals surface area contributed by atoms with Crippen molar-refractivity contribution in [2.45, 2.75) is 33.2 Å². The summed E-state index contributed by atoms with van der Waals surface area (Å²) in [6, 6.07) is 12.5. The van der Waals surface area contributed by atoms with Crippen molar-refractivity contribution in [1.82, 2.24) is 19.7 Å². The summed E-state index contributed by atoms with van der Waals surface area (Å²) < 4.78 is 16.0. The molecule has 0 bridgehead atoms. The van der Waals surface area contributed by atoms with Crippen LogP contribution in [0.2, 0.25) is 0 Å². The first kappa shape index (κ1) is 21.2. The molecule has 0 aliphatic carbocycles. The third-order valence-electron chi connectivity index (χ3n) is 4.83. The van der Waals surface area contributed by atoms with Crippen molar-refractivity contribution in [1.29, 1.82) is 0 Å². The number of halogens is 1. The van der Waals surface area contributed by atoms with Crippen LogP contribution in [-0.4, -0.2) is 26.8 Å². The normalized spacial score (nSPS) is 11.9. The third kappa shape index (κ3) is 4.07. The first-order valence-electron chi connectivity index (χ1n) is 9.70. The number of amides is 1. The van der Waals surface area contributed by atoms with E-state index in [2.05, 4.69) is 10.4 Å². The van der Waals surface area contributed by atoms with Gasteiger partial charge in [-0.2, -0.15) is 9.78 Å². The first-order valence-corrected chi connectivity index (χ1v) is 9.70. The van der Waals surface area contributed by atoms with Gasteiger partial charge < -0.3 is 5.32 Å². The van der Waals surface area contributed by atoms with Gasteiger partial charge in [0.1, 0.15) is 5.82 Å². The van der Waals surface area contributed by atoms with E-state index in [1.807, 2.05) is 13.0 Å². The number of carbonyl (C=O) groups excluding carboxylic acids is 1. The van der Waals surface area contributed by atoms with E-state index in [1.54, 1.807) is 38.1 Å². The number of nitrogens with zero attached hydrogens (tertiary/aromatic N) is 3. The molecule has 1 atom stereocenters. The van der Waals surface area contributed by atoms with E-state index in [0.717, 1.165) is 15.3 Å². The van der Waals surface area contributed by atoms with Gasteiger partial charge in [0.25, 0.3) is 11.5 Å². The quantitative estimate of drug-likeness (QED) is 0.677. The van der Waals surface area contributed by atoms with Crippen LogP contribution in [0.4, 0.5) is 4.39 Å². The Hall–Kier alpha value is -3.55. The fourth-order valence-corrected chi connectivity index (χ4v) is 3.06. The monoisotopic (exact) mass is 410 g/mol. The molecule has 3 aromatic rings. The highest BCUT2D eigenvalue weighted by molar-refractivity contribution is 5.91. The Kier molecular flexibility index (Phi) is 6.25. The molecule has 3 rings (SSSR count). The molecule has 0 fully saturated rings. The summed E-state index contributed by atoms with van der Waals surface area (Å²) >= 11 is 0. The number of rotatable bonds is 6. The molecular formula is C22H23FN4O3. The lowest BCUT2D eigenvalue weighted by Gasteiger charge is -2.18. The van der Waals surface area contributed by atoms with Crippen LogP contribution in [0.25, 0.3) is 5.69 Å². The van der Waals surface area contributed by atoms with Gasteiger partial charge >= 0.3 is 5.69 Å². The summed E-state index contributed by atoms with van der Waals surface area (Å²) in [5, 5.41) is 6.60. The predicted octanol–water partition coefficient (Wildman–Crippen LogP) is 2.59. The molecule has 0 saturated carbocycles. The standard InChI is InChI=1S/C22H23FN4O3/c1-4-12-24-20(28)19-21(29)26(15(3)16-8-6-5-7-9-16)22(30)27(25-19)17-11-10-14(2)18(23)13-17/h5-11,13,15H,4,12H2,1-3H3,(H,24,28)/t15-/m1/s1. The zero-order valence-corrected chi connectivity index (χ0v) is 17.1. The fourth-order valence-electron chi connectivity index (χ4n) is 3.06. The highest BCUT2D eigenvalue weighted by atomic mass is 19.1. The molecule has 0 saturated heterocycles. The van der Waals surface area contributed by atoms with Gasteiger partial charge in [-0.25, -0.2) is 13.8 Å². The number of benzene rings is 2. The molecule has 0 aliphatic rings. The second-order valence-electron chi connectivity index (χ2n) is 6.99. The van der Waals surface area contributed by atoms with Gasteiger partial charge in [0.15, 0.2) is 0 Å². The van der Waals surface area contributed by atoms with Gasteiger partial charge in [-0.15, -0.1) is 0 Å². The highest BCUT2D eigenvalue weighted by Crippen LogP contribution is 2.15. The lowest BCUT2D eigenvalue weighted by molar-refractivity contribution is 0.0943. The Morgan fingerprint density at radius 2 is 1.87 bits per heavy atom. The highest BCUT2D eigenvalue weighted by Gasteiger charge is 2.23. The predicted molar refractivity (Wildman–Crippen MR) is 112 cm³/mol.